The van der Waals surface area contributed by atoms with Crippen molar-refractivity contribution in [2.75, 3.05) is 20.3 Å². The van der Waals surface area contributed by atoms with Crippen molar-refractivity contribution in [1.82, 2.24) is 20.0 Å². The lowest BCUT2D eigenvalue weighted by Gasteiger charge is -2.40. The van der Waals surface area contributed by atoms with Gasteiger partial charge in [-0.2, -0.15) is 5.10 Å². The standard InChI is InChI=1S/C21H26N4O4/c1-24-12-14(11-23-24)9-10-22-21(27)20-19(15-3-7-17(28-2)8-4-15)25(16-5-6-16)18(26)13-29-20/h3-4,7-8,11-12,16,19-20H,5-6,9-10,13H2,1-2H3,(H,22,27)/t19-,20+/m1/s1. The van der Waals surface area contributed by atoms with Crippen LogP contribution in [0.2, 0.25) is 0 Å². The zero-order valence-electron chi connectivity index (χ0n) is 16.7. The van der Waals surface area contributed by atoms with Crippen LogP contribution < -0.4 is 10.1 Å². The molecular formula is C21H26N4O4. The molecule has 154 valence electrons. The average molecular weight is 398 g/mol. The molecule has 1 aromatic carbocycles. The fraction of sp³-hybridized carbons (Fsp3) is 0.476. The Labute approximate surface area is 169 Å². The summed E-state index contributed by atoms with van der Waals surface area (Å²) in [6.07, 6.45) is 5.59. The minimum absolute atomic E-state index is 0.0623. The number of carbonyl (C=O) groups excluding carboxylic acids is 2. The molecule has 2 aromatic rings. The van der Waals surface area contributed by atoms with Gasteiger partial charge >= 0.3 is 0 Å². The van der Waals surface area contributed by atoms with Gasteiger partial charge in [0.2, 0.25) is 5.91 Å². The number of amides is 2. The molecule has 2 heterocycles. The Kier molecular flexibility index (Phi) is 5.53. The van der Waals surface area contributed by atoms with E-state index < -0.39 is 12.1 Å². The summed E-state index contributed by atoms with van der Waals surface area (Å²) in [5.74, 6) is 0.466. The lowest BCUT2D eigenvalue weighted by molar-refractivity contribution is -0.165. The Hall–Kier alpha value is -2.87. The molecule has 4 rings (SSSR count). The van der Waals surface area contributed by atoms with Gasteiger partial charge in [0.1, 0.15) is 12.4 Å². The number of carbonyl (C=O) groups is 2. The van der Waals surface area contributed by atoms with Gasteiger partial charge in [0.25, 0.3) is 5.91 Å². The van der Waals surface area contributed by atoms with Gasteiger partial charge in [-0.15, -0.1) is 0 Å². The summed E-state index contributed by atoms with van der Waals surface area (Å²) in [5.41, 5.74) is 1.93. The first-order chi connectivity index (χ1) is 14.1. The molecule has 1 saturated heterocycles. The fourth-order valence-electron chi connectivity index (χ4n) is 3.80. The normalized spacial score (nSPS) is 21.9. The molecule has 2 amide bonds. The second-order valence-electron chi connectivity index (χ2n) is 7.55. The molecule has 1 aliphatic carbocycles. The Morgan fingerprint density at radius 3 is 2.69 bits per heavy atom. The number of hydrogen-bond donors (Lipinski definition) is 1. The predicted octanol–water partition coefficient (Wildman–Crippen LogP) is 1.22. The zero-order valence-corrected chi connectivity index (χ0v) is 16.7. The van der Waals surface area contributed by atoms with Crippen molar-refractivity contribution in [3.63, 3.8) is 0 Å². The average Bonchev–Trinajstić information content (AvgIpc) is 3.48. The molecule has 1 aliphatic heterocycles. The van der Waals surface area contributed by atoms with Crippen molar-refractivity contribution in [3.8, 4) is 5.75 Å². The van der Waals surface area contributed by atoms with Gasteiger partial charge in [0.05, 0.1) is 19.3 Å². The molecule has 0 bridgehead atoms. The highest BCUT2D eigenvalue weighted by molar-refractivity contribution is 5.86. The Bertz CT molecular complexity index is 875. The van der Waals surface area contributed by atoms with E-state index in [4.69, 9.17) is 9.47 Å². The third-order valence-electron chi connectivity index (χ3n) is 5.39. The summed E-state index contributed by atoms with van der Waals surface area (Å²) < 4.78 is 12.7. The van der Waals surface area contributed by atoms with Crippen molar-refractivity contribution >= 4 is 11.8 Å². The maximum absolute atomic E-state index is 13.0. The molecule has 8 nitrogen and oxygen atoms in total. The third-order valence-corrected chi connectivity index (χ3v) is 5.39. The highest BCUT2D eigenvalue weighted by Crippen LogP contribution is 2.39. The van der Waals surface area contributed by atoms with Gasteiger partial charge < -0.3 is 19.7 Å². The molecule has 2 aliphatic rings. The molecule has 29 heavy (non-hydrogen) atoms. The number of benzene rings is 1. The van der Waals surface area contributed by atoms with Crippen LogP contribution >= 0.6 is 0 Å². The van der Waals surface area contributed by atoms with Crippen molar-refractivity contribution < 1.29 is 19.1 Å². The molecule has 2 atom stereocenters. The number of morpholine rings is 1. The smallest absolute Gasteiger partial charge is 0.251 e. The first kappa shape index (κ1) is 19.4. The van der Waals surface area contributed by atoms with Gasteiger partial charge in [-0.25, -0.2) is 0 Å². The van der Waals surface area contributed by atoms with E-state index >= 15 is 0 Å². The van der Waals surface area contributed by atoms with Crippen LogP contribution in [0.4, 0.5) is 0 Å². The maximum Gasteiger partial charge on any atom is 0.251 e. The summed E-state index contributed by atoms with van der Waals surface area (Å²) in [5, 5.41) is 7.10. The summed E-state index contributed by atoms with van der Waals surface area (Å²) in [6.45, 7) is 0.418. The third kappa shape index (κ3) is 4.27. The van der Waals surface area contributed by atoms with E-state index in [9.17, 15) is 9.59 Å². The van der Waals surface area contributed by atoms with Crippen LogP contribution in [0, 0.1) is 0 Å². The number of methoxy groups -OCH3 is 1. The summed E-state index contributed by atoms with van der Waals surface area (Å²) in [6, 6.07) is 7.23. The lowest BCUT2D eigenvalue weighted by atomic mass is 9.96. The number of aryl methyl sites for hydroxylation is 1. The van der Waals surface area contributed by atoms with Crippen LogP contribution in [0.1, 0.15) is 30.0 Å². The number of ether oxygens (including phenoxy) is 2. The second-order valence-corrected chi connectivity index (χ2v) is 7.55. The summed E-state index contributed by atoms with van der Waals surface area (Å²) >= 11 is 0. The molecule has 1 saturated carbocycles. The van der Waals surface area contributed by atoms with Crippen molar-refractivity contribution in [2.45, 2.75) is 37.5 Å². The SMILES string of the molecule is COc1ccc([C@@H]2[C@@H](C(=O)NCCc3cnn(C)c3)OCC(=O)N2C2CC2)cc1. The summed E-state index contributed by atoms with van der Waals surface area (Å²) in [7, 11) is 3.47. The molecule has 8 heteroatoms. The van der Waals surface area contributed by atoms with Gasteiger partial charge in [-0.3, -0.25) is 14.3 Å². The molecular weight excluding hydrogens is 372 g/mol. The van der Waals surface area contributed by atoms with E-state index in [2.05, 4.69) is 10.4 Å². The first-order valence-electron chi connectivity index (χ1n) is 9.89. The Morgan fingerprint density at radius 1 is 1.31 bits per heavy atom. The predicted molar refractivity (Wildman–Crippen MR) is 105 cm³/mol. The van der Waals surface area contributed by atoms with Crippen LogP contribution in [-0.2, 0) is 27.8 Å². The fourth-order valence-corrected chi connectivity index (χ4v) is 3.80. The van der Waals surface area contributed by atoms with Crippen LogP contribution in [-0.4, -0.2) is 58.9 Å². The number of hydrogen-bond acceptors (Lipinski definition) is 5. The molecule has 1 aromatic heterocycles. The number of rotatable bonds is 7. The topological polar surface area (TPSA) is 85.7 Å². The second kappa shape index (κ2) is 8.24. The van der Waals surface area contributed by atoms with Crippen LogP contribution in [0.3, 0.4) is 0 Å². The van der Waals surface area contributed by atoms with E-state index in [1.165, 1.54) is 0 Å². The Morgan fingerprint density at radius 2 is 2.07 bits per heavy atom. The summed E-state index contributed by atoms with van der Waals surface area (Å²) in [4.78, 5) is 27.4. The highest BCUT2D eigenvalue weighted by Gasteiger charge is 2.47. The number of nitrogens with zero attached hydrogens (tertiary/aromatic N) is 3. The molecule has 1 N–H and O–H groups in total. The van der Waals surface area contributed by atoms with E-state index in [1.807, 2.05) is 42.4 Å². The van der Waals surface area contributed by atoms with Crippen molar-refractivity contribution in [2.24, 2.45) is 7.05 Å². The zero-order chi connectivity index (χ0) is 20.4. The van der Waals surface area contributed by atoms with Crippen molar-refractivity contribution in [3.05, 3.63) is 47.8 Å². The quantitative estimate of drug-likeness (QED) is 0.758. The lowest BCUT2D eigenvalue weighted by Crippen LogP contribution is -2.55. The number of aromatic nitrogens is 2. The van der Waals surface area contributed by atoms with Crippen molar-refractivity contribution in [1.29, 1.82) is 0 Å². The first-order valence-corrected chi connectivity index (χ1v) is 9.89. The van der Waals surface area contributed by atoms with Crippen LogP contribution in [0.25, 0.3) is 0 Å². The number of nitrogens with one attached hydrogen (secondary N) is 1. The maximum atomic E-state index is 13.0. The van der Waals surface area contributed by atoms with Gasteiger partial charge in [0, 0.05) is 25.8 Å². The minimum Gasteiger partial charge on any atom is -0.497 e. The van der Waals surface area contributed by atoms with Crippen LogP contribution in [0.15, 0.2) is 36.7 Å². The molecule has 2 fully saturated rings. The van der Waals surface area contributed by atoms with E-state index in [0.29, 0.717) is 13.0 Å². The van der Waals surface area contributed by atoms with Gasteiger partial charge in [0.15, 0.2) is 6.10 Å². The monoisotopic (exact) mass is 398 g/mol. The highest BCUT2D eigenvalue weighted by atomic mass is 16.5. The largest absolute Gasteiger partial charge is 0.497 e. The minimum atomic E-state index is -0.740. The molecule has 0 unspecified atom stereocenters. The van der Waals surface area contributed by atoms with E-state index in [-0.39, 0.29) is 24.5 Å². The van der Waals surface area contributed by atoms with E-state index in [1.54, 1.807) is 18.0 Å². The van der Waals surface area contributed by atoms with Gasteiger partial charge in [-0.1, -0.05) is 12.1 Å². The van der Waals surface area contributed by atoms with E-state index in [0.717, 1.165) is 29.7 Å². The van der Waals surface area contributed by atoms with Crippen LogP contribution in [0.5, 0.6) is 5.75 Å². The Balaban J connectivity index is 1.50. The van der Waals surface area contributed by atoms with Gasteiger partial charge in [-0.05, 0) is 42.5 Å². The molecule has 0 radical (unpaired) electrons. The molecule has 0 spiro atoms.